The van der Waals surface area contributed by atoms with E-state index in [9.17, 15) is 4.39 Å². The third-order valence-corrected chi connectivity index (χ3v) is 3.64. The predicted molar refractivity (Wildman–Crippen MR) is 84.0 cm³/mol. The van der Waals surface area contributed by atoms with Gasteiger partial charge in [0.25, 0.3) is 0 Å². The van der Waals surface area contributed by atoms with E-state index in [4.69, 9.17) is 21.8 Å². The number of rotatable bonds is 4. The maximum atomic E-state index is 13.2. The van der Waals surface area contributed by atoms with Crippen LogP contribution in [-0.2, 0) is 6.42 Å². The highest BCUT2D eigenvalue weighted by Gasteiger charge is 2.12. The van der Waals surface area contributed by atoms with Gasteiger partial charge in [-0.2, -0.15) is 0 Å². The summed E-state index contributed by atoms with van der Waals surface area (Å²) >= 11 is 5.79. The fourth-order valence-electron chi connectivity index (χ4n) is 2.21. The summed E-state index contributed by atoms with van der Waals surface area (Å²) in [7, 11) is 0. The van der Waals surface area contributed by atoms with Crippen LogP contribution in [0.3, 0.4) is 0 Å². The smallest absolute Gasteiger partial charge is 0.141 e. The second kappa shape index (κ2) is 6.30. The van der Waals surface area contributed by atoms with E-state index in [1.165, 1.54) is 12.1 Å². The second-order valence-electron chi connectivity index (χ2n) is 4.96. The standard InChI is InChI=1S/C17H14ClFN2O/c18-13-9-11(4-6-14(13)19)17-7-5-12(22-17)10-15(20)16-3-1-2-8-21-16/h1-9,15H,10,20H2. The summed E-state index contributed by atoms with van der Waals surface area (Å²) in [6, 6.07) is 13.6. The van der Waals surface area contributed by atoms with E-state index >= 15 is 0 Å². The molecule has 0 fully saturated rings. The molecule has 2 aromatic heterocycles. The molecule has 2 N–H and O–H groups in total. The van der Waals surface area contributed by atoms with E-state index in [1.54, 1.807) is 12.3 Å². The number of aromatic nitrogens is 1. The molecule has 112 valence electrons. The minimum Gasteiger partial charge on any atom is -0.461 e. The number of nitrogens with two attached hydrogens (primary N) is 1. The Morgan fingerprint density at radius 3 is 2.77 bits per heavy atom. The molecular formula is C17H14ClFN2O. The van der Waals surface area contributed by atoms with Crippen molar-refractivity contribution < 1.29 is 8.81 Å². The van der Waals surface area contributed by atoms with Crippen LogP contribution in [0.1, 0.15) is 17.5 Å². The molecule has 1 aromatic carbocycles. The van der Waals surface area contributed by atoms with Gasteiger partial charge in [0.05, 0.1) is 16.8 Å². The minimum atomic E-state index is -0.450. The van der Waals surface area contributed by atoms with E-state index in [0.29, 0.717) is 12.2 Å². The van der Waals surface area contributed by atoms with Crippen LogP contribution in [0.5, 0.6) is 0 Å². The van der Waals surface area contributed by atoms with Gasteiger partial charge in [-0.15, -0.1) is 0 Å². The van der Waals surface area contributed by atoms with Crippen LogP contribution in [0.2, 0.25) is 5.02 Å². The van der Waals surface area contributed by atoms with E-state index in [2.05, 4.69) is 4.98 Å². The first kappa shape index (κ1) is 14.8. The van der Waals surface area contributed by atoms with Crippen molar-refractivity contribution in [1.82, 2.24) is 4.98 Å². The molecule has 1 atom stereocenters. The first-order chi connectivity index (χ1) is 10.6. The van der Waals surface area contributed by atoms with Crippen LogP contribution >= 0.6 is 11.6 Å². The van der Waals surface area contributed by atoms with Gasteiger partial charge in [0, 0.05) is 18.2 Å². The molecule has 0 aliphatic rings. The Hall–Kier alpha value is -2.17. The van der Waals surface area contributed by atoms with Crippen LogP contribution in [-0.4, -0.2) is 4.98 Å². The molecule has 0 spiro atoms. The highest BCUT2D eigenvalue weighted by atomic mass is 35.5. The molecule has 0 saturated carbocycles. The Kier molecular flexibility index (Phi) is 4.22. The number of nitrogens with zero attached hydrogens (tertiary/aromatic N) is 1. The molecule has 22 heavy (non-hydrogen) atoms. The lowest BCUT2D eigenvalue weighted by atomic mass is 10.1. The quantitative estimate of drug-likeness (QED) is 0.777. The molecular weight excluding hydrogens is 303 g/mol. The summed E-state index contributed by atoms with van der Waals surface area (Å²) < 4.78 is 19.0. The third kappa shape index (κ3) is 3.18. The second-order valence-corrected chi connectivity index (χ2v) is 5.37. The highest BCUT2D eigenvalue weighted by molar-refractivity contribution is 6.31. The fourth-order valence-corrected chi connectivity index (χ4v) is 2.39. The van der Waals surface area contributed by atoms with Crippen LogP contribution in [0.4, 0.5) is 4.39 Å². The lowest BCUT2D eigenvalue weighted by Crippen LogP contribution is -2.14. The average Bonchev–Trinajstić information content (AvgIpc) is 2.99. The van der Waals surface area contributed by atoms with Crippen LogP contribution in [0.25, 0.3) is 11.3 Å². The van der Waals surface area contributed by atoms with Crippen molar-refractivity contribution in [3.63, 3.8) is 0 Å². The minimum absolute atomic E-state index is 0.0700. The van der Waals surface area contributed by atoms with Crippen molar-refractivity contribution in [2.24, 2.45) is 5.73 Å². The van der Waals surface area contributed by atoms with Gasteiger partial charge in [-0.1, -0.05) is 17.7 Å². The summed E-state index contributed by atoms with van der Waals surface area (Å²) in [5.41, 5.74) is 7.66. The molecule has 2 heterocycles. The average molecular weight is 317 g/mol. The molecule has 0 radical (unpaired) electrons. The van der Waals surface area contributed by atoms with Gasteiger partial charge < -0.3 is 10.2 Å². The van der Waals surface area contributed by atoms with Crippen molar-refractivity contribution in [2.75, 3.05) is 0 Å². The Bertz CT molecular complexity index is 773. The van der Waals surface area contributed by atoms with Crippen molar-refractivity contribution in [2.45, 2.75) is 12.5 Å². The molecule has 0 bridgehead atoms. The Morgan fingerprint density at radius 2 is 2.05 bits per heavy atom. The van der Waals surface area contributed by atoms with Gasteiger partial charge in [0.15, 0.2) is 0 Å². The molecule has 0 amide bonds. The summed E-state index contributed by atoms with van der Waals surface area (Å²) in [4.78, 5) is 4.24. The first-order valence-corrected chi connectivity index (χ1v) is 7.22. The van der Waals surface area contributed by atoms with Crippen molar-refractivity contribution in [3.05, 3.63) is 77.0 Å². The number of halogens is 2. The van der Waals surface area contributed by atoms with E-state index in [-0.39, 0.29) is 11.1 Å². The van der Waals surface area contributed by atoms with E-state index < -0.39 is 5.82 Å². The van der Waals surface area contributed by atoms with E-state index in [1.807, 2.05) is 30.3 Å². The fraction of sp³-hybridized carbons (Fsp3) is 0.118. The Balaban J connectivity index is 1.77. The van der Waals surface area contributed by atoms with Gasteiger partial charge >= 0.3 is 0 Å². The number of hydrogen-bond acceptors (Lipinski definition) is 3. The molecule has 0 saturated heterocycles. The molecule has 5 heteroatoms. The van der Waals surface area contributed by atoms with Gasteiger partial charge in [0.2, 0.25) is 0 Å². The Morgan fingerprint density at radius 1 is 1.18 bits per heavy atom. The molecule has 1 unspecified atom stereocenters. The predicted octanol–water partition coefficient (Wildman–Crippen LogP) is 4.38. The topological polar surface area (TPSA) is 52.0 Å². The maximum Gasteiger partial charge on any atom is 0.141 e. The van der Waals surface area contributed by atoms with E-state index in [0.717, 1.165) is 17.0 Å². The zero-order valence-corrected chi connectivity index (χ0v) is 12.4. The van der Waals surface area contributed by atoms with Crippen molar-refractivity contribution >= 4 is 11.6 Å². The molecule has 0 aliphatic carbocycles. The van der Waals surface area contributed by atoms with Gasteiger partial charge in [-0.3, -0.25) is 4.98 Å². The number of benzene rings is 1. The first-order valence-electron chi connectivity index (χ1n) is 6.84. The molecule has 3 rings (SSSR count). The van der Waals surface area contributed by atoms with Crippen LogP contribution < -0.4 is 5.73 Å². The number of hydrogen-bond donors (Lipinski definition) is 1. The normalized spacial score (nSPS) is 12.3. The monoisotopic (exact) mass is 316 g/mol. The molecule has 0 aliphatic heterocycles. The summed E-state index contributed by atoms with van der Waals surface area (Å²) in [6.45, 7) is 0. The molecule has 3 nitrogen and oxygen atoms in total. The molecule has 3 aromatic rings. The van der Waals surface area contributed by atoms with Crippen LogP contribution in [0.15, 0.2) is 59.1 Å². The SMILES string of the molecule is NC(Cc1ccc(-c2ccc(F)c(Cl)c2)o1)c1ccccn1. The summed E-state index contributed by atoms with van der Waals surface area (Å²) in [6.07, 6.45) is 2.25. The van der Waals surface area contributed by atoms with Gasteiger partial charge in [0.1, 0.15) is 17.3 Å². The Labute approximate surface area is 132 Å². The van der Waals surface area contributed by atoms with Gasteiger partial charge in [-0.25, -0.2) is 4.39 Å². The zero-order valence-electron chi connectivity index (χ0n) is 11.7. The summed E-state index contributed by atoms with van der Waals surface area (Å²) in [5, 5.41) is 0.0700. The number of pyridine rings is 1. The highest BCUT2D eigenvalue weighted by Crippen LogP contribution is 2.27. The third-order valence-electron chi connectivity index (χ3n) is 3.35. The van der Waals surface area contributed by atoms with Gasteiger partial charge in [-0.05, 0) is 42.5 Å². The van der Waals surface area contributed by atoms with Crippen molar-refractivity contribution in [3.8, 4) is 11.3 Å². The maximum absolute atomic E-state index is 13.2. The lowest BCUT2D eigenvalue weighted by molar-refractivity contribution is 0.496. The lowest BCUT2D eigenvalue weighted by Gasteiger charge is -2.08. The number of furan rings is 1. The summed E-state index contributed by atoms with van der Waals surface area (Å²) in [5.74, 6) is 0.924. The van der Waals surface area contributed by atoms with Crippen molar-refractivity contribution in [1.29, 1.82) is 0 Å². The van der Waals surface area contributed by atoms with Crippen LogP contribution in [0, 0.1) is 5.82 Å². The zero-order chi connectivity index (χ0) is 15.5. The largest absolute Gasteiger partial charge is 0.461 e.